The van der Waals surface area contributed by atoms with Gasteiger partial charge in [0, 0.05) is 0 Å². The Hall–Kier alpha value is -1.30. The van der Waals surface area contributed by atoms with E-state index in [0.29, 0.717) is 0 Å². The van der Waals surface area contributed by atoms with E-state index >= 15 is 0 Å². The van der Waals surface area contributed by atoms with Gasteiger partial charge in [0.2, 0.25) is 0 Å². The van der Waals surface area contributed by atoms with Gasteiger partial charge in [-0.2, -0.15) is 0 Å². The van der Waals surface area contributed by atoms with Crippen LogP contribution in [0.15, 0.2) is 42.5 Å². The van der Waals surface area contributed by atoms with Crippen LogP contribution in [-0.2, 0) is 0 Å². The highest BCUT2D eigenvalue weighted by atomic mass is 14.2. The third-order valence-corrected chi connectivity index (χ3v) is 7.08. The lowest BCUT2D eigenvalue weighted by Crippen LogP contribution is -2.01. The minimum atomic E-state index is 0.742. The molecule has 0 saturated heterocycles. The fraction of sp³-hybridized carbons (Fsp3) is 0.677. The Morgan fingerprint density at radius 1 is 0.484 bits per heavy atom. The first-order valence-electron chi connectivity index (χ1n) is 13.8. The quantitative estimate of drug-likeness (QED) is 0.197. The topological polar surface area (TPSA) is 0 Å². The van der Waals surface area contributed by atoms with E-state index in [2.05, 4.69) is 56.3 Å². The van der Waals surface area contributed by atoms with Crippen molar-refractivity contribution in [3.63, 3.8) is 0 Å². The second kappa shape index (κ2) is 17.3. The predicted octanol–water partition coefficient (Wildman–Crippen LogP) is 11.0. The lowest BCUT2D eigenvalue weighted by atomic mass is 9.85. The summed E-state index contributed by atoms with van der Waals surface area (Å²) in [4.78, 5) is 0. The van der Waals surface area contributed by atoms with Gasteiger partial charge in [0.25, 0.3) is 0 Å². The summed E-state index contributed by atoms with van der Waals surface area (Å²) in [5.74, 6) is 0.742. The maximum absolute atomic E-state index is 2.42. The van der Waals surface area contributed by atoms with E-state index in [-0.39, 0.29) is 0 Å². The molecule has 0 heteroatoms. The summed E-state index contributed by atoms with van der Waals surface area (Å²) in [7, 11) is 0. The van der Waals surface area contributed by atoms with Gasteiger partial charge < -0.3 is 0 Å². The Morgan fingerprint density at radius 2 is 0.935 bits per heavy atom. The van der Waals surface area contributed by atoms with Gasteiger partial charge in [0.15, 0.2) is 0 Å². The first-order chi connectivity index (χ1) is 15.4. The standard InChI is InChI=1S/C31H50/c1-3-5-7-9-11-12-13-14-16-18-23-28(22-17-15-10-8-6-4-2)31-27-21-25-29-24-19-20-26-30(29)31/h19-21,24-28H,3-18,22-23H2,1-2H3. The summed E-state index contributed by atoms with van der Waals surface area (Å²) in [6.07, 6.45) is 25.5. The molecule has 0 heterocycles. The number of unbranched alkanes of at least 4 members (excludes halogenated alkanes) is 14. The third kappa shape index (κ3) is 10.7. The van der Waals surface area contributed by atoms with E-state index in [4.69, 9.17) is 0 Å². The summed E-state index contributed by atoms with van der Waals surface area (Å²) in [6.45, 7) is 4.61. The van der Waals surface area contributed by atoms with Crippen molar-refractivity contribution < 1.29 is 0 Å². The molecule has 31 heavy (non-hydrogen) atoms. The molecule has 0 fully saturated rings. The Balaban J connectivity index is 1.78. The molecule has 0 N–H and O–H groups in total. The van der Waals surface area contributed by atoms with Gasteiger partial charge in [-0.1, -0.05) is 159 Å². The van der Waals surface area contributed by atoms with E-state index in [9.17, 15) is 0 Å². The molecule has 1 unspecified atom stereocenters. The van der Waals surface area contributed by atoms with Crippen molar-refractivity contribution in [3.8, 4) is 0 Å². The lowest BCUT2D eigenvalue weighted by Gasteiger charge is -2.20. The average molecular weight is 423 g/mol. The fourth-order valence-corrected chi connectivity index (χ4v) is 5.11. The van der Waals surface area contributed by atoms with Crippen molar-refractivity contribution in [2.75, 3.05) is 0 Å². The maximum atomic E-state index is 2.42. The highest BCUT2D eigenvalue weighted by Gasteiger charge is 2.14. The Morgan fingerprint density at radius 3 is 1.48 bits per heavy atom. The molecule has 0 aromatic heterocycles. The predicted molar refractivity (Wildman–Crippen MR) is 141 cm³/mol. The second-order valence-corrected chi connectivity index (χ2v) is 9.79. The number of hydrogen-bond acceptors (Lipinski definition) is 0. The highest BCUT2D eigenvalue weighted by Crippen LogP contribution is 2.33. The van der Waals surface area contributed by atoms with Crippen molar-refractivity contribution in [2.45, 2.75) is 135 Å². The van der Waals surface area contributed by atoms with Crippen LogP contribution in [-0.4, -0.2) is 0 Å². The molecule has 0 aliphatic carbocycles. The summed E-state index contributed by atoms with van der Waals surface area (Å²) >= 11 is 0. The first-order valence-corrected chi connectivity index (χ1v) is 13.8. The molecule has 0 bridgehead atoms. The second-order valence-electron chi connectivity index (χ2n) is 9.79. The van der Waals surface area contributed by atoms with Crippen LogP contribution in [0.4, 0.5) is 0 Å². The van der Waals surface area contributed by atoms with Crippen molar-refractivity contribution in [1.29, 1.82) is 0 Å². The molecule has 0 spiro atoms. The zero-order valence-corrected chi connectivity index (χ0v) is 20.8. The van der Waals surface area contributed by atoms with Crippen molar-refractivity contribution in [1.82, 2.24) is 0 Å². The van der Waals surface area contributed by atoms with Crippen LogP contribution in [0.5, 0.6) is 0 Å². The van der Waals surface area contributed by atoms with Crippen LogP contribution in [0.1, 0.15) is 141 Å². The molecule has 0 amide bonds. The van der Waals surface area contributed by atoms with Gasteiger partial charge in [-0.3, -0.25) is 0 Å². The minimum Gasteiger partial charge on any atom is -0.0654 e. The van der Waals surface area contributed by atoms with Crippen molar-refractivity contribution >= 4 is 10.8 Å². The first kappa shape index (κ1) is 26.0. The fourth-order valence-electron chi connectivity index (χ4n) is 5.11. The van der Waals surface area contributed by atoms with Gasteiger partial charge in [-0.05, 0) is 35.1 Å². The van der Waals surface area contributed by atoms with E-state index in [0.717, 1.165) is 5.92 Å². The zero-order chi connectivity index (χ0) is 22.0. The molecule has 2 rings (SSSR count). The molecule has 0 saturated carbocycles. The molecule has 2 aromatic carbocycles. The van der Waals surface area contributed by atoms with Crippen LogP contribution in [0.25, 0.3) is 10.8 Å². The summed E-state index contributed by atoms with van der Waals surface area (Å²) in [6, 6.07) is 16.0. The lowest BCUT2D eigenvalue weighted by molar-refractivity contribution is 0.485. The Bertz CT molecular complexity index is 665. The molecule has 0 aliphatic rings. The van der Waals surface area contributed by atoms with Crippen LogP contribution >= 0.6 is 0 Å². The average Bonchev–Trinajstić information content (AvgIpc) is 2.81. The van der Waals surface area contributed by atoms with Crippen LogP contribution < -0.4 is 0 Å². The molecule has 0 aliphatic heterocycles. The molecule has 0 nitrogen and oxygen atoms in total. The van der Waals surface area contributed by atoms with Gasteiger partial charge in [0.1, 0.15) is 0 Å². The maximum Gasteiger partial charge on any atom is -0.0149 e. The number of hydrogen-bond donors (Lipinski definition) is 0. The molecule has 2 aromatic rings. The molecule has 1 atom stereocenters. The third-order valence-electron chi connectivity index (χ3n) is 7.08. The van der Waals surface area contributed by atoms with E-state index < -0.39 is 0 Å². The number of rotatable bonds is 19. The van der Waals surface area contributed by atoms with Gasteiger partial charge in [-0.15, -0.1) is 0 Å². The van der Waals surface area contributed by atoms with E-state index in [1.165, 1.54) is 126 Å². The van der Waals surface area contributed by atoms with Crippen LogP contribution in [0.2, 0.25) is 0 Å². The van der Waals surface area contributed by atoms with E-state index in [1.807, 2.05) is 0 Å². The molecule has 0 radical (unpaired) electrons. The number of benzene rings is 2. The Labute approximate surface area is 194 Å². The SMILES string of the molecule is CCCCCCCCCCCCC(CCCCCCCC)c1cccc2ccccc12. The largest absolute Gasteiger partial charge is 0.0654 e. The monoisotopic (exact) mass is 422 g/mol. The highest BCUT2D eigenvalue weighted by molar-refractivity contribution is 5.86. The number of fused-ring (bicyclic) bond motifs is 1. The van der Waals surface area contributed by atoms with Gasteiger partial charge in [0.05, 0.1) is 0 Å². The van der Waals surface area contributed by atoms with E-state index in [1.54, 1.807) is 5.56 Å². The van der Waals surface area contributed by atoms with Crippen molar-refractivity contribution in [3.05, 3.63) is 48.0 Å². The zero-order valence-electron chi connectivity index (χ0n) is 20.8. The Kier molecular flexibility index (Phi) is 14.5. The molecular weight excluding hydrogens is 372 g/mol. The normalized spacial score (nSPS) is 12.5. The van der Waals surface area contributed by atoms with Gasteiger partial charge >= 0.3 is 0 Å². The molecular formula is C31H50. The summed E-state index contributed by atoms with van der Waals surface area (Å²) in [5, 5.41) is 2.91. The molecule has 174 valence electrons. The smallest absolute Gasteiger partial charge is 0.0149 e. The van der Waals surface area contributed by atoms with Crippen molar-refractivity contribution in [2.24, 2.45) is 0 Å². The summed E-state index contributed by atoms with van der Waals surface area (Å²) in [5.41, 5.74) is 1.61. The van der Waals surface area contributed by atoms with Gasteiger partial charge in [-0.25, -0.2) is 0 Å². The van der Waals surface area contributed by atoms with Crippen LogP contribution in [0.3, 0.4) is 0 Å². The van der Waals surface area contributed by atoms with Crippen LogP contribution in [0, 0.1) is 0 Å². The minimum absolute atomic E-state index is 0.742. The summed E-state index contributed by atoms with van der Waals surface area (Å²) < 4.78 is 0.